The van der Waals surface area contributed by atoms with E-state index >= 15 is 0 Å². The Labute approximate surface area is 245 Å². The zero-order chi connectivity index (χ0) is 28.5. The van der Waals surface area contributed by atoms with Crippen molar-refractivity contribution in [2.45, 2.75) is 94.5 Å². The zero-order valence-corrected chi connectivity index (χ0v) is 24.4. The van der Waals surface area contributed by atoms with Gasteiger partial charge in [-0.15, -0.1) is 0 Å². The molecule has 0 bridgehead atoms. The quantitative estimate of drug-likeness (QED) is 0.206. The zero-order valence-electron chi connectivity index (χ0n) is 24.4. The van der Waals surface area contributed by atoms with Crippen molar-refractivity contribution < 1.29 is 29.2 Å². The molecule has 228 valence electrons. The maximum Gasteiger partial charge on any atom is 0.157 e. The summed E-state index contributed by atoms with van der Waals surface area (Å²) in [5, 5.41) is 27.9. The third-order valence-corrected chi connectivity index (χ3v) is 8.04. The molecule has 0 aromatic heterocycles. The van der Waals surface area contributed by atoms with Crippen molar-refractivity contribution in [1.29, 1.82) is 0 Å². The van der Waals surface area contributed by atoms with Crippen molar-refractivity contribution in [2.75, 3.05) is 39.6 Å². The van der Waals surface area contributed by atoms with Gasteiger partial charge in [0.25, 0.3) is 0 Å². The normalized spacial score (nSPS) is 20.0. The molecule has 0 saturated carbocycles. The number of ether oxygens (including phenoxy) is 4. The Bertz CT molecular complexity index is 848. The molecule has 0 spiro atoms. The van der Waals surface area contributed by atoms with E-state index in [0.717, 1.165) is 95.3 Å². The Morgan fingerprint density at radius 1 is 0.585 bits per heavy atom. The van der Waals surface area contributed by atoms with E-state index in [1.807, 2.05) is 36.4 Å². The lowest BCUT2D eigenvalue weighted by atomic mass is 9.96. The molecule has 0 unspecified atom stereocenters. The summed E-state index contributed by atoms with van der Waals surface area (Å²) < 4.78 is 23.3. The first kappa shape index (κ1) is 32.0. The van der Waals surface area contributed by atoms with Crippen LogP contribution in [0.4, 0.5) is 0 Å². The summed E-state index contributed by atoms with van der Waals surface area (Å²) >= 11 is 0. The van der Waals surface area contributed by atoms with E-state index in [1.54, 1.807) is 0 Å². The standard InChI is InChI=1S/C33H50N2O6/c36-24-30(26-10-3-1-4-11-26)34-28(16-18-32-38-20-8-21-39-32)14-7-15-29(17-19-33-40-22-9-23-41-33)35-31(25-37)27-12-5-2-6-13-27/h1-6,10-13,28-37H,7-9,14-25H2/t28-,29-,30+,31+/m1/s1. The van der Waals surface area contributed by atoms with Crippen molar-refractivity contribution >= 4 is 0 Å². The summed E-state index contributed by atoms with van der Waals surface area (Å²) in [7, 11) is 0. The highest BCUT2D eigenvalue weighted by Gasteiger charge is 2.23. The van der Waals surface area contributed by atoms with Gasteiger partial charge in [0, 0.05) is 12.1 Å². The molecule has 2 heterocycles. The number of hydrogen-bond acceptors (Lipinski definition) is 8. The number of hydrogen-bond donors (Lipinski definition) is 4. The Morgan fingerprint density at radius 2 is 0.976 bits per heavy atom. The van der Waals surface area contributed by atoms with E-state index in [1.165, 1.54) is 0 Å². The SMILES string of the molecule is OC[C@H](N[C@H](CCC[C@H](CCC1OCCCO1)N[C@@H](CO)c1ccccc1)CCC1OCCCO1)c1ccccc1. The first-order valence-corrected chi connectivity index (χ1v) is 15.5. The minimum Gasteiger partial charge on any atom is -0.394 e. The second-order valence-corrected chi connectivity index (χ2v) is 11.2. The molecule has 0 radical (unpaired) electrons. The van der Waals surface area contributed by atoms with Crippen molar-refractivity contribution in [2.24, 2.45) is 0 Å². The smallest absolute Gasteiger partial charge is 0.157 e. The van der Waals surface area contributed by atoms with Crippen LogP contribution in [0.25, 0.3) is 0 Å². The summed E-state index contributed by atoms with van der Waals surface area (Å²) in [6.07, 6.45) is 7.94. The van der Waals surface area contributed by atoms with Crippen molar-refractivity contribution in [3.63, 3.8) is 0 Å². The molecular formula is C33H50N2O6. The average molecular weight is 571 g/mol. The van der Waals surface area contributed by atoms with Crippen molar-refractivity contribution in [3.8, 4) is 0 Å². The Kier molecular flexibility index (Phi) is 14.5. The van der Waals surface area contributed by atoms with E-state index in [-0.39, 0.29) is 50.0 Å². The topological polar surface area (TPSA) is 101 Å². The van der Waals surface area contributed by atoms with Crippen LogP contribution >= 0.6 is 0 Å². The van der Waals surface area contributed by atoms with Gasteiger partial charge in [-0.25, -0.2) is 0 Å². The fraction of sp³-hybridized carbons (Fsp3) is 0.636. The first-order valence-electron chi connectivity index (χ1n) is 15.5. The second kappa shape index (κ2) is 18.6. The van der Waals surface area contributed by atoms with Crippen LogP contribution in [0.3, 0.4) is 0 Å². The first-order chi connectivity index (χ1) is 20.2. The maximum atomic E-state index is 10.2. The fourth-order valence-electron chi connectivity index (χ4n) is 5.76. The molecule has 2 aromatic rings. The highest BCUT2D eigenvalue weighted by atomic mass is 16.7. The second-order valence-electron chi connectivity index (χ2n) is 11.2. The molecule has 2 fully saturated rings. The molecule has 41 heavy (non-hydrogen) atoms. The molecule has 2 aromatic carbocycles. The summed E-state index contributed by atoms with van der Waals surface area (Å²) in [6.45, 7) is 3.08. The molecule has 8 nitrogen and oxygen atoms in total. The molecule has 0 amide bonds. The van der Waals surface area contributed by atoms with Crippen LogP contribution in [0.15, 0.2) is 60.7 Å². The van der Waals surface area contributed by atoms with Gasteiger partial charge >= 0.3 is 0 Å². The maximum absolute atomic E-state index is 10.2. The largest absolute Gasteiger partial charge is 0.394 e. The molecule has 4 N–H and O–H groups in total. The molecule has 4 rings (SSSR count). The van der Waals surface area contributed by atoms with Crippen LogP contribution in [0.1, 0.15) is 81.0 Å². The number of nitrogens with one attached hydrogen (secondary N) is 2. The molecule has 8 heteroatoms. The van der Waals surface area contributed by atoms with Crippen molar-refractivity contribution in [3.05, 3.63) is 71.8 Å². The Morgan fingerprint density at radius 3 is 1.34 bits per heavy atom. The van der Waals surface area contributed by atoms with Gasteiger partial charge in [-0.05, 0) is 62.5 Å². The highest BCUT2D eigenvalue weighted by molar-refractivity contribution is 5.20. The van der Waals surface area contributed by atoms with E-state index in [0.29, 0.717) is 0 Å². The average Bonchev–Trinajstić information content (AvgIpc) is 3.04. The highest BCUT2D eigenvalue weighted by Crippen LogP contribution is 2.23. The van der Waals surface area contributed by atoms with Gasteiger partial charge in [0.2, 0.25) is 0 Å². The molecule has 2 saturated heterocycles. The van der Waals surface area contributed by atoms with Gasteiger partial charge in [0.1, 0.15) is 0 Å². The molecular weight excluding hydrogens is 520 g/mol. The summed E-state index contributed by atoms with van der Waals surface area (Å²) in [4.78, 5) is 0. The van der Waals surface area contributed by atoms with Gasteiger partial charge < -0.3 is 39.8 Å². The van der Waals surface area contributed by atoms with E-state index in [2.05, 4.69) is 34.9 Å². The fourth-order valence-corrected chi connectivity index (χ4v) is 5.76. The van der Waals surface area contributed by atoms with E-state index < -0.39 is 0 Å². The van der Waals surface area contributed by atoms with Crippen LogP contribution < -0.4 is 10.6 Å². The summed E-state index contributed by atoms with van der Waals surface area (Å²) in [6, 6.07) is 20.5. The molecule has 2 aliphatic rings. The number of benzene rings is 2. The summed E-state index contributed by atoms with van der Waals surface area (Å²) in [5.74, 6) is 0. The third kappa shape index (κ3) is 11.4. The molecule has 4 atom stereocenters. The van der Waals surface area contributed by atoms with Crippen LogP contribution in [0.5, 0.6) is 0 Å². The van der Waals surface area contributed by atoms with Crippen LogP contribution in [0.2, 0.25) is 0 Å². The van der Waals surface area contributed by atoms with Gasteiger partial charge in [-0.1, -0.05) is 67.1 Å². The lowest BCUT2D eigenvalue weighted by Gasteiger charge is -2.30. The lowest BCUT2D eigenvalue weighted by molar-refractivity contribution is -0.182. The predicted octanol–water partition coefficient (Wildman–Crippen LogP) is 4.63. The van der Waals surface area contributed by atoms with Crippen LogP contribution in [-0.2, 0) is 18.9 Å². The van der Waals surface area contributed by atoms with Crippen LogP contribution in [-0.4, -0.2) is 74.5 Å². The third-order valence-electron chi connectivity index (χ3n) is 8.04. The van der Waals surface area contributed by atoms with Gasteiger partial charge in [-0.3, -0.25) is 0 Å². The number of rotatable bonds is 18. The van der Waals surface area contributed by atoms with E-state index in [4.69, 9.17) is 18.9 Å². The summed E-state index contributed by atoms with van der Waals surface area (Å²) in [5.41, 5.74) is 2.18. The van der Waals surface area contributed by atoms with Crippen molar-refractivity contribution in [1.82, 2.24) is 10.6 Å². The minimum absolute atomic E-state index is 0.0395. The Balaban J connectivity index is 1.37. The van der Waals surface area contributed by atoms with Gasteiger partial charge in [0.15, 0.2) is 12.6 Å². The predicted molar refractivity (Wildman–Crippen MR) is 159 cm³/mol. The number of aliphatic hydroxyl groups is 2. The minimum atomic E-state index is -0.154. The molecule has 0 aliphatic carbocycles. The van der Waals surface area contributed by atoms with E-state index in [9.17, 15) is 10.2 Å². The Hall–Kier alpha value is -1.88. The van der Waals surface area contributed by atoms with Crippen LogP contribution in [0, 0.1) is 0 Å². The van der Waals surface area contributed by atoms with Gasteiger partial charge in [0.05, 0.1) is 51.7 Å². The monoisotopic (exact) mass is 570 g/mol. The lowest BCUT2D eigenvalue weighted by Crippen LogP contribution is -2.38. The molecule has 2 aliphatic heterocycles. The van der Waals surface area contributed by atoms with Gasteiger partial charge in [-0.2, -0.15) is 0 Å². The number of aliphatic hydroxyl groups excluding tert-OH is 2.